The molecule has 0 saturated carbocycles. The van der Waals surface area contributed by atoms with Gasteiger partial charge in [-0.25, -0.2) is 0 Å². The monoisotopic (exact) mass is 207 g/mol. The molecule has 0 aliphatic carbocycles. The summed E-state index contributed by atoms with van der Waals surface area (Å²) in [5.74, 6) is 1.20. The molecule has 0 aromatic carbocycles. The Morgan fingerprint density at radius 1 is 1.53 bits per heavy atom. The molecule has 0 bridgehead atoms. The predicted molar refractivity (Wildman–Crippen MR) is 54.0 cm³/mol. The molecular formula is C9H13N5O. The van der Waals surface area contributed by atoms with Crippen LogP contribution in [0.25, 0.3) is 11.4 Å². The Balaban J connectivity index is 2.17. The zero-order valence-electron chi connectivity index (χ0n) is 8.53. The average Bonchev–Trinajstić information content (AvgIpc) is 2.83. The number of nitrogens with zero attached hydrogens (tertiary/aromatic N) is 3. The van der Waals surface area contributed by atoms with Crippen LogP contribution in [-0.2, 0) is 6.42 Å². The van der Waals surface area contributed by atoms with E-state index in [1.54, 1.807) is 6.20 Å². The first-order valence-corrected chi connectivity index (χ1v) is 4.84. The lowest BCUT2D eigenvalue weighted by atomic mass is 10.2. The summed E-state index contributed by atoms with van der Waals surface area (Å²) in [6.07, 6.45) is 3.26. The molecule has 0 amide bonds. The van der Waals surface area contributed by atoms with Crippen molar-refractivity contribution in [3.63, 3.8) is 0 Å². The van der Waals surface area contributed by atoms with Crippen molar-refractivity contribution in [2.75, 3.05) is 6.54 Å². The summed E-state index contributed by atoms with van der Waals surface area (Å²) in [5.41, 5.74) is 7.20. The Bertz CT molecular complexity index is 433. The van der Waals surface area contributed by atoms with Crippen molar-refractivity contribution in [2.45, 2.75) is 19.8 Å². The van der Waals surface area contributed by atoms with Crippen LogP contribution in [0.2, 0.25) is 0 Å². The number of hydrogen-bond donors (Lipinski definition) is 2. The highest BCUT2D eigenvalue weighted by atomic mass is 16.5. The second-order valence-electron chi connectivity index (χ2n) is 3.31. The molecule has 0 fully saturated rings. The average molecular weight is 207 g/mol. The first-order valence-electron chi connectivity index (χ1n) is 4.84. The molecule has 0 spiro atoms. The molecule has 2 aromatic rings. The highest BCUT2D eigenvalue weighted by Gasteiger charge is 2.11. The third-order valence-corrected chi connectivity index (χ3v) is 2.13. The minimum Gasteiger partial charge on any atom is -0.339 e. The Kier molecular flexibility index (Phi) is 2.77. The van der Waals surface area contributed by atoms with Crippen molar-refractivity contribution in [3.05, 3.63) is 17.8 Å². The number of hydrogen-bond acceptors (Lipinski definition) is 5. The van der Waals surface area contributed by atoms with E-state index < -0.39 is 0 Å². The van der Waals surface area contributed by atoms with Gasteiger partial charge in [0.2, 0.25) is 11.7 Å². The van der Waals surface area contributed by atoms with Gasteiger partial charge in [0.05, 0.1) is 11.8 Å². The fourth-order valence-corrected chi connectivity index (χ4v) is 1.30. The molecular weight excluding hydrogens is 194 g/mol. The van der Waals surface area contributed by atoms with Crippen LogP contribution in [0.4, 0.5) is 0 Å². The number of aromatic nitrogens is 4. The fraction of sp³-hybridized carbons (Fsp3) is 0.444. The third kappa shape index (κ3) is 2.04. The van der Waals surface area contributed by atoms with Crippen molar-refractivity contribution >= 4 is 0 Å². The number of nitrogens with one attached hydrogen (secondary N) is 1. The van der Waals surface area contributed by atoms with E-state index in [1.807, 2.05) is 6.92 Å². The molecule has 2 aromatic heterocycles. The van der Waals surface area contributed by atoms with Crippen LogP contribution in [-0.4, -0.2) is 26.9 Å². The maximum Gasteiger partial charge on any atom is 0.227 e. The predicted octanol–water partition coefficient (Wildman–Crippen LogP) is 0.659. The van der Waals surface area contributed by atoms with Gasteiger partial charge in [-0.3, -0.25) is 5.10 Å². The Labute approximate surface area is 86.9 Å². The van der Waals surface area contributed by atoms with Gasteiger partial charge in [0.1, 0.15) is 0 Å². The highest BCUT2D eigenvalue weighted by Crippen LogP contribution is 2.17. The molecule has 0 aliphatic heterocycles. The topological polar surface area (TPSA) is 93.6 Å². The van der Waals surface area contributed by atoms with Gasteiger partial charge in [-0.05, 0) is 19.9 Å². The lowest BCUT2D eigenvalue weighted by Crippen LogP contribution is -2.00. The number of H-pyrrole nitrogens is 1. The van der Waals surface area contributed by atoms with Gasteiger partial charge in [-0.1, -0.05) is 5.16 Å². The number of aromatic amines is 1. The molecule has 6 nitrogen and oxygen atoms in total. The van der Waals surface area contributed by atoms with Crippen molar-refractivity contribution in [2.24, 2.45) is 5.73 Å². The van der Waals surface area contributed by atoms with Crippen molar-refractivity contribution in [3.8, 4) is 11.4 Å². The van der Waals surface area contributed by atoms with Crippen LogP contribution in [0.5, 0.6) is 0 Å². The van der Waals surface area contributed by atoms with Crippen LogP contribution in [0.1, 0.15) is 18.0 Å². The minimum atomic E-state index is 0.577. The minimum absolute atomic E-state index is 0.577. The molecule has 2 heterocycles. The van der Waals surface area contributed by atoms with E-state index in [2.05, 4.69) is 20.3 Å². The van der Waals surface area contributed by atoms with E-state index in [1.165, 1.54) is 0 Å². The van der Waals surface area contributed by atoms with E-state index >= 15 is 0 Å². The molecule has 0 aliphatic rings. The van der Waals surface area contributed by atoms with Crippen LogP contribution in [0.3, 0.4) is 0 Å². The van der Waals surface area contributed by atoms with Crippen LogP contribution in [0.15, 0.2) is 10.7 Å². The van der Waals surface area contributed by atoms with Gasteiger partial charge in [-0.15, -0.1) is 0 Å². The van der Waals surface area contributed by atoms with E-state index in [4.69, 9.17) is 10.3 Å². The lowest BCUT2D eigenvalue weighted by molar-refractivity contribution is 0.376. The number of rotatable bonds is 4. The van der Waals surface area contributed by atoms with Crippen molar-refractivity contribution in [1.82, 2.24) is 20.3 Å². The SMILES string of the molecule is Cc1[nH]ncc1-c1noc(CCCN)n1. The largest absolute Gasteiger partial charge is 0.339 e. The summed E-state index contributed by atoms with van der Waals surface area (Å²) in [7, 11) is 0. The summed E-state index contributed by atoms with van der Waals surface area (Å²) in [5, 5.41) is 10.6. The second kappa shape index (κ2) is 4.22. The first kappa shape index (κ1) is 9.85. The molecule has 0 radical (unpaired) electrons. The lowest BCUT2D eigenvalue weighted by Gasteiger charge is -1.89. The molecule has 0 atom stereocenters. The van der Waals surface area contributed by atoms with Gasteiger partial charge in [0.25, 0.3) is 0 Å². The van der Waals surface area contributed by atoms with Crippen LogP contribution >= 0.6 is 0 Å². The highest BCUT2D eigenvalue weighted by molar-refractivity contribution is 5.55. The van der Waals surface area contributed by atoms with E-state index in [9.17, 15) is 0 Å². The summed E-state index contributed by atoms with van der Waals surface area (Å²) >= 11 is 0. The van der Waals surface area contributed by atoms with Gasteiger partial charge in [-0.2, -0.15) is 10.1 Å². The molecule has 0 unspecified atom stereocenters. The molecule has 2 rings (SSSR count). The normalized spacial score (nSPS) is 10.8. The third-order valence-electron chi connectivity index (χ3n) is 2.13. The summed E-state index contributed by atoms with van der Waals surface area (Å²) < 4.78 is 5.09. The van der Waals surface area contributed by atoms with Crippen LogP contribution in [0, 0.1) is 6.92 Å². The second-order valence-corrected chi connectivity index (χ2v) is 3.31. The quantitative estimate of drug-likeness (QED) is 0.768. The number of nitrogens with two attached hydrogens (primary N) is 1. The van der Waals surface area contributed by atoms with E-state index in [0.717, 1.165) is 24.1 Å². The maximum atomic E-state index is 5.40. The molecule has 0 saturated heterocycles. The fourth-order valence-electron chi connectivity index (χ4n) is 1.30. The maximum absolute atomic E-state index is 5.40. The first-order chi connectivity index (χ1) is 7.31. The van der Waals surface area contributed by atoms with Crippen LogP contribution < -0.4 is 5.73 Å². The van der Waals surface area contributed by atoms with Crippen molar-refractivity contribution < 1.29 is 4.52 Å². The van der Waals surface area contributed by atoms with Gasteiger partial charge in [0, 0.05) is 12.1 Å². The zero-order valence-corrected chi connectivity index (χ0v) is 8.53. The summed E-state index contributed by atoms with van der Waals surface area (Å²) in [4.78, 5) is 4.26. The Morgan fingerprint density at radius 3 is 3.07 bits per heavy atom. The molecule has 6 heteroatoms. The Morgan fingerprint density at radius 2 is 2.40 bits per heavy atom. The summed E-state index contributed by atoms with van der Waals surface area (Å²) in [6, 6.07) is 0. The van der Waals surface area contributed by atoms with Crippen molar-refractivity contribution in [1.29, 1.82) is 0 Å². The van der Waals surface area contributed by atoms with Gasteiger partial charge < -0.3 is 10.3 Å². The van der Waals surface area contributed by atoms with Gasteiger partial charge in [0.15, 0.2) is 0 Å². The number of aryl methyl sites for hydroxylation is 2. The van der Waals surface area contributed by atoms with E-state index in [-0.39, 0.29) is 0 Å². The smallest absolute Gasteiger partial charge is 0.227 e. The Hall–Kier alpha value is -1.69. The molecule has 80 valence electrons. The van der Waals surface area contributed by atoms with E-state index in [0.29, 0.717) is 18.3 Å². The zero-order chi connectivity index (χ0) is 10.7. The molecule has 3 N–H and O–H groups in total. The standard InChI is InChI=1S/C9H13N5O/c1-6-7(5-11-13-6)9-12-8(15-14-9)3-2-4-10/h5H,2-4,10H2,1H3,(H,11,13). The van der Waals surface area contributed by atoms with Gasteiger partial charge >= 0.3 is 0 Å². The molecule has 15 heavy (non-hydrogen) atoms. The summed E-state index contributed by atoms with van der Waals surface area (Å²) in [6.45, 7) is 2.54.